The number of cyclic esters (lactones) is 2. The number of esters is 2. The molecular formula is C59H71N11O14. The molecule has 0 unspecified atom stereocenters. The molecule has 3 aromatic rings. The molecule has 10 N–H and O–H groups in total. The Morgan fingerprint density at radius 3 is 2.21 bits per heavy atom. The Labute approximate surface area is 484 Å². The molecule has 8 rings (SSSR count). The van der Waals surface area contributed by atoms with Crippen LogP contribution in [0, 0.1) is 13.8 Å². The molecule has 1 aliphatic carbocycles. The van der Waals surface area contributed by atoms with Gasteiger partial charge in [0.1, 0.15) is 25.4 Å². The summed E-state index contributed by atoms with van der Waals surface area (Å²) in [6.07, 6.45) is 8.26. The number of imide groups is 1. The molecule has 4 aliphatic heterocycles. The highest BCUT2D eigenvalue weighted by atomic mass is 16.6. The van der Waals surface area contributed by atoms with Gasteiger partial charge in [-0.05, 0) is 112 Å². The van der Waals surface area contributed by atoms with Crippen molar-refractivity contribution in [1.82, 2.24) is 52.0 Å². The fourth-order valence-electron chi connectivity index (χ4n) is 11.0. The molecule has 2 aromatic carbocycles. The quantitative estimate of drug-likeness (QED) is 0.0151. The molecule has 0 fully saturated rings. The number of ether oxygens (including phenoxy) is 2. The zero-order valence-electron chi connectivity index (χ0n) is 47.2. The first kappa shape index (κ1) is 61.4. The van der Waals surface area contributed by atoms with Crippen LogP contribution in [-0.4, -0.2) is 155 Å². The van der Waals surface area contributed by atoms with Gasteiger partial charge in [0.2, 0.25) is 41.4 Å². The van der Waals surface area contributed by atoms with Crippen LogP contribution in [0.2, 0.25) is 0 Å². The summed E-state index contributed by atoms with van der Waals surface area (Å²) in [4.78, 5) is 149. The molecule has 84 heavy (non-hydrogen) atoms. The Bertz CT molecular complexity index is 3230. The molecule has 25 heteroatoms. The van der Waals surface area contributed by atoms with E-state index in [2.05, 4.69) is 44.1 Å². The molecule has 0 saturated heterocycles. The molecular weight excluding hydrogens is 1090 g/mol. The fourth-order valence-corrected chi connectivity index (χ4v) is 11.0. The standard InChI is InChI=1S/C59H71N11O14/c1-4-59(82)39-25-44-54-38(30-69(44)29-37(39)57(80)84-58(59)81)53-40(18-17-36-34(3)33(2)23-42(68-54)52(36)53)65-49(75)31-83-32-64-47(73)27-63-56(79)43(24-35-13-7-5-8-14-35)67-48(74)28-61-46(72)26-62-55(78)41(15-10-11-21-60)66-45(71)16-9-6-12-22-70-50(76)19-20-51(70)77/h5,7-8,13-14,19-20,23,25,40-41,43,82H,4,6,9-12,15-18,21-22,24,26-32,60H2,1-3H3,(H,61,72)(H,62,78)(H,63,79)(H,64,73)(H,65,75)(H,66,71)(H,67,74)/t40-,41-,43-,59-/m0/s1. The van der Waals surface area contributed by atoms with Crippen molar-refractivity contribution in [2.45, 2.75) is 122 Å². The number of amides is 9. The third-order valence-electron chi connectivity index (χ3n) is 15.7. The highest BCUT2D eigenvalue weighted by Crippen LogP contribution is 2.48. The van der Waals surface area contributed by atoms with Crippen molar-refractivity contribution < 1.29 is 67.3 Å². The van der Waals surface area contributed by atoms with Crippen molar-refractivity contribution in [2.75, 3.05) is 52.6 Å². The number of hydrogen-bond donors (Lipinski definition) is 9. The lowest BCUT2D eigenvalue weighted by atomic mass is 9.80. The van der Waals surface area contributed by atoms with Crippen LogP contribution in [0.4, 0.5) is 0 Å². The Kier molecular flexibility index (Phi) is 20.2. The number of nitrogens with two attached hydrogens (primary N) is 1. The zero-order valence-corrected chi connectivity index (χ0v) is 47.2. The minimum atomic E-state index is -2.00. The fraction of sp³-hybridized carbons (Fsp3) is 0.458. The van der Waals surface area contributed by atoms with Gasteiger partial charge < -0.3 is 62.4 Å². The maximum atomic E-state index is 13.6. The summed E-state index contributed by atoms with van der Waals surface area (Å²) in [7, 11) is 0. The van der Waals surface area contributed by atoms with Crippen LogP contribution in [-0.2, 0) is 81.6 Å². The summed E-state index contributed by atoms with van der Waals surface area (Å²) in [6, 6.07) is 8.14. The minimum Gasteiger partial charge on any atom is -0.387 e. The minimum absolute atomic E-state index is 0.00786. The van der Waals surface area contributed by atoms with Crippen LogP contribution < -0.4 is 43.0 Å². The topological polar surface area (TPSA) is 356 Å². The lowest BCUT2D eigenvalue weighted by Gasteiger charge is -2.36. The van der Waals surface area contributed by atoms with Gasteiger partial charge in [0.15, 0.2) is 5.60 Å². The molecule has 5 heterocycles. The van der Waals surface area contributed by atoms with Crippen LogP contribution in [0.15, 0.2) is 65.8 Å². The van der Waals surface area contributed by atoms with Gasteiger partial charge >= 0.3 is 11.9 Å². The summed E-state index contributed by atoms with van der Waals surface area (Å²) in [5, 5.41) is 30.7. The number of hydrogen-bond acceptors (Lipinski definition) is 17. The molecule has 0 saturated carbocycles. The number of pyridine rings is 1. The molecule has 446 valence electrons. The van der Waals surface area contributed by atoms with E-state index in [0.29, 0.717) is 75.0 Å². The van der Waals surface area contributed by atoms with Crippen LogP contribution in [0.25, 0.3) is 16.6 Å². The maximum Gasteiger partial charge on any atom is 0.350 e. The van der Waals surface area contributed by atoms with Crippen LogP contribution in [0.5, 0.6) is 0 Å². The average molecular weight is 1160 g/mol. The number of aliphatic hydroxyl groups is 1. The lowest BCUT2D eigenvalue weighted by Crippen LogP contribution is -2.53. The lowest BCUT2D eigenvalue weighted by molar-refractivity contribution is -0.172. The number of nitrogens with zero attached hydrogens (tertiary/aromatic N) is 3. The number of aryl methyl sites for hydroxylation is 2. The van der Waals surface area contributed by atoms with Crippen LogP contribution in [0.3, 0.4) is 0 Å². The van der Waals surface area contributed by atoms with Gasteiger partial charge in [-0.2, -0.15) is 0 Å². The Balaban J connectivity index is 0.790. The van der Waals surface area contributed by atoms with Gasteiger partial charge in [-0.15, -0.1) is 0 Å². The summed E-state index contributed by atoms with van der Waals surface area (Å²) in [5.74, 6) is -6.90. The first-order chi connectivity index (χ1) is 40.3. The number of carbonyl (C=O) groups is 11. The van der Waals surface area contributed by atoms with Gasteiger partial charge in [0, 0.05) is 54.6 Å². The number of fused-ring (bicyclic) bond motifs is 4. The van der Waals surface area contributed by atoms with Gasteiger partial charge in [-0.3, -0.25) is 48.1 Å². The molecule has 5 aliphatic rings. The Morgan fingerprint density at radius 2 is 1.50 bits per heavy atom. The normalized spacial score (nSPS) is 18.2. The Hall–Kier alpha value is -8.68. The number of benzene rings is 2. The first-order valence-corrected chi connectivity index (χ1v) is 28.3. The SMILES string of the molecule is CC[C@@]1(O)C(=O)OC(=O)C2=C1C=C1c3nc4cc(C)c(C)c5c4c(c3CN1C2)[C@@H](NC(=O)COCNC(=O)CNC(=O)[C@H](Cc1ccccc1)NC(=O)CNC(=O)CNC(=O)[C@H](CCCCN)NC(=O)CCCCCN1C(=O)C=CC1=O)CC5. The van der Waals surface area contributed by atoms with E-state index in [1.165, 1.54) is 12.2 Å². The van der Waals surface area contributed by atoms with Crippen molar-refractivity contribution >= 4 is 81.7 Å². The number of unbranched alkanes of at least 4 members (excludes halogenated alkanes) is 3. The second-order valence-electron chi connectivity index (χ2n) is 21.4. The molecule has 0 bridgehead atoms. The predicted molar refractivity (Wildman–Crippen MR) is 301 cm³/mol. The van der Waals surface area contributed by atoms with Gasteiger partial charge in [0.25, 0.3) is 11.8 Å². The van der Waals surface area contributed by atoms with Crippen LogP contribution >= 0.6 is 0 Å². The van der Waals surface area contributed by atoms with E-state index in [4.69, 9.17) is 20.2 Å². The third kappa shape index (κ3) is 14.4. The summed E-state index contributed by atoms with van der Waals surface area (Å²) < 4.78 is 10.5. The first-order valence-electron chi connectivity index (χ1n) is 28.3. The second-order valence-corrected chi connectivity index (χ2v) is 21.4. The summed E-state index contributed by atoms with van der Waals surface area (Å²) in [6.45, 7) is 4.29. The molecule has 9 amide bonds. The smallest absolute Gasteiger partial charge is 0.350 e. The summed E-state index contributed by atoms with van der Waals surface area (Å²) >= 11 is 0. The van der Waals surface area contributed by atoms with Gasteiger partial charge in [-0.25, -0.2) is 14.6 Å². The molecule has 1 aromatic heterocycles. The second kappa shape index (κ2) is 27.6. The van der Waals surface area contributed by atoms with E-state index in [-0.39, 0.29) is 68.5 Å². The van der Waals surface area contributed by atoms with E-state index < -0.39 is 103 Å². The van der Waals surface area contributed by atoms with Crippen molar-refractivity contribution in [3.63, 3.8) is 0 Å². The van der Waals surface area contributed by atoms with Crippen molar-refractivity contribution in [1.29, 1.82) is 0 Å². The number of carbonyl (C=O) groups excluding carboxylic acids is 11. The maximum absolute atomic E-state index is 13.6. The van der Waals surface area contributed by atoms with E-state index in [1.54, 1.807) is 43.3 Å². The average Bonchev–Trinajstić information content (AvgIpc) is 1.46. The largest absolute Gasteiger partial charge is 0.387 e. The highest BCUT2D eigenvalue weighted by Gasteiger charge is 2.50. The van der Waals surface area contributed by atoms with Crippen molar-refractivity contribution in [3.8, 4) is 0 Å². The predicted octanol–water partition coefficient (Wildman–Crippen LogP) is -0.0881. The van der Waals surface area contributed by atoms with Gasteiger partial charge in [-0.1, -0.05) is 43.7 Å². The van der Waals surface area contributed by atoms with E-state index in [0.717, 1.165) is 43.6 Å². The molecule has 4 atom stereocenters. The van der Waals surface area contributed by atoms with Crippen LogP contribution in [0.1, 0.15) is 110 Å². The third-order valence-corrected chi connectivity index (χ3v) is 15.7. The van der Waals surface area contributed by atoms with Crippen molar-refractivity contribution in [3.05, 3.63) is 105 Å². The molecule has 0 spiro atoms. The summed E-state index contributed by atoms with van der Waals surface area (Å²) in [5.41, 5.74) is 11.7. The van der Waals surface area contributed by atoms with E-state index in [1.807, 2.05) is 17.9 Å². The Morgan fingerprint density at radius 1 is 0.810 bits per heavy atom. The van der Waals surface area contributed by atoms with E-state index >= 15 is 0 Å². The highest BCUT2D eigenvalue weighted by molar-refractivity contribution is 6.13. The number of nitrogens with one attached hydrogen (secondary N) is 7. The van der Waals surface area contributed by atoms with Crippen molar-refractivity contribution in [2.24, 2.45) is 5.73 Å². The monoisotopic (exact) mass is 1160 g/mol. The number of rotatable bonds is 28. The molecule has 0 radical (unpaired) electrons. The van der Waals surface area contributed by atoms with E-state index in [9.17, 15) is 57.8 Å². The molecule has 25 nitrogen and oxygen atoms in total. The number of aromatic nitrogens is 1. The zero-order chi connectivity index (χ0) is 60.2. The van der Waals surface area contributed by atoms with Gasteiger partial charge in [0.05, 0.1) is 54.7 Å².